The highest BCUT2D eigenvalue weighted by Crippen LogP contribution is 2.43. The van der Waals surface area contributed by atoms with Gasteiger partial charge in [0.15, 0.2) is 5.82 Å². The summed E-state index contributed by atoms with van der Waals surface area (Å²) in [5.74, 6) is 0.689. The molecule has 0 N–H and O–H groups in total. The molecule has 0 bridgehead atoms. The first kappa shape index (κ1) is 30.7. The lowest BCUT2D eigenvalue weighted by atomic mass is 9.93. The summed E-state index contributed by atoms with van der Waals surface area (Å²) in [4.78, 5) is 10.7. The molecule has 0 radical (unpaired) electrons. The van der Waals surface area contributed by atoms with Crippen LogP contribution < -0.4 is 0 Å². The molecule has 0 spiro atoms. The van der Waals surface area contributed by atoms with Gasteiger partial charge in [-0.05, 0) is 92.7 Å². The van der Waals surface area contributed by atoms with Crippen LogP contribution in [-0.2, 0) is 0 Å². The number of hydrogen-bond donors (Lipinski definition) is 0. The minimum atomic E-state index is 0.689. The van der Waals surface area contributed by atoms with Gasteiger partial charge >= 0.3 is 0 Å². The van der Waals surface area contributed by atoms with Crippen LogP contribution in [0.3, 0.4) is 0 Å². The third kappa shape index (κ3) is 5.11. The quantitative estimate of drug-likeness (QED) is 0.179. The van der Waals surface area contributed by atoms with E-state index in [4.69, 9.17) is 14.4 Å². The van der Waals surface area contributed by atoms with Gasteiger partial charge in [-0.2, -0.15) is 0 Å². The zero-order chi connectivity index (χ0) is 35.6. The maximum absolute atomic E-state index is 6.66. The van der Waals surface area contributed by atoms with Gasteiger partial charge in [0.2, 0.25) is 0 Å². The van der Waals surface area contributed by atoms with Crippen molar-refractivity contribution in [2.45, 2.75) is 0 Å². The van der Waals surface area contributed by atoms with Crippen molar-refractivity contribution in [3.8, 4) is 56.0 Å². The summed E-state index contributed by atoms with van der Waals surface area (Å²) in [5.41, 5.74) is 12.6. The summed E-state index contributed by atoms with van der Waals surface area (Å²) in [6.07, 6.45) is 0. The van der Waals surface area contributed by atoms with Gasteiger partial charge in [0, 0.05) is 32.0 Å². The number of rotatable bonds is 5. The second-order valence-electron chi connectivity index (χ2n) is 13.8. The molecule has 3 aromatic heterocycles. The zero-order valence-corrected chi connectivity index (χ0v) is 29.8. The largest absolute Gasteiger partial charge is 0.456 e. The van der Waals surface area contributed by atoms with E-state index < -0.39 is 0 Å². The Morgan fingerprint density at radius 2 is 1.07 bits per heavy atom. The molecular weight excluding hydrogens is 677 g/mol. The van der Waals surface area contributed by atoms with Crippen LogP contribution >= 0.6 is 11.3 Å². The number of thiophene rings is 1. The molecule has 0 fully saturated rings. The Bertz CT molecular complexity index is 3160. The van der Waals surface area contributed by atoms with E-state index in [1.165, 1.54) is 37.7 Å². The lowest BCUT2D eigenvalue weighted by molar-refractivity contribution is 0.669. The molecule has 252 valence electrons. The summed E-state index contributed by atoms with van der Waals surface area (Å²) in [7, 11) is 0. The maximum atomic E-state index is 6.66. The van der Waals surface area contributed by atoms with Crippen molar-refractivity contribution in [1.29, 1.82) is 0 Å². The summed E-state index contributed by atoms with van der Waals surface area (Å²) < 4.78 is 8.95. The second-order valence-corrected chi connectivity index (χ2v) is 14.8. The van der Waals surface area contributed by atoms with Crippen LogP contribution in [0.1, 0.15) is 0 Å². The Morgan fingerprint density at radius 3 is 1.85 bits per heavy atom. The molecule has 3 heterocycles. The van der Waals surface area contributed by atoms with E-state index in [2.05, 4.69) is 170 Å². The summed E-state index contributed by atoms with van der Waals surface area (Å²) in [6.45, 7) is 0. The SMILES string of the molecule is c1ccc(-c2cc(-c3ccccc3)cc(-c3ccc4c(c3)oc3cccc(-c5nc(-c6ccc7ccccc7c6)c6sc7ccccc7c6n5)c34)c2)cc1. The van der Waals surface area contributed by atoms with Crippen LogP contribution in [0.4, 0.5) is 0 Å². The normalized spacial score (nSPS) is 11.7. The number of benzene rings is 8. The number of furan rings is 1. The lowest BCUT2D eigenvalue weighted by Crippen LogP contribution is -1.94. The third-order valence-electron chi connectivity index (χ3n) is 10.5. The number of nitrogens with zero attached hydrogens (tertiary/aromatic N) is 2. The fraction of sp³-hybridized carbons (Fsp3) is 0. The second kappa shape index (κ2) is 12.4. The van der Waals surface area contributed by atoms with E-state index in [1.807, 2.05) is 12.1 Å². The average molecular weight is 707 g/mol. The van der Waals surface area contributed by atoms with E-state index >= 15 is 0 Å². The average Bonchev–Trinajstić information content (AvgIpc) is 3.82. The van der Waals surface area contributed by atoms with Gasteiger partial charge < -0.3 is 4.42 Å². The monoisotopic (exact) mass is 706 g/mol. The molecule has 11 aromatic rings. The number of fused-ring (bicyclic) bond motifs is 7. The van der Waals surface area contributed by atoms with Crippen LogP contribution in [0.5, 0.6) is 0 Å². The van der Waals surface area contributed by atoms with Gasteiger partial charge in [0.25, 0.3) is 0 Å². The maximum Gasteiger partial charge on any atom is 0.161 e. The van der Waals surface area contributed by atoms with Crippen molar-refractivity contribution in [3.63, 3.8) is 0 Å². The van der Waals surface area contributed by atoms with Crippen LogP contribution in [0, 0.1) is 0 Å². The van der Waals surface area contributed by atoms with Crippen molar-refractivity contribution in [2.24, 2.45) is 0 Å². The molecule has 54 heavy (non-hydrogen) atoms. The minimum absolute atomic E-state index is 0.689. The topological polar surface area (TPSA) is 38.9 Å². The first-order valence-electron chi connectivity index (χ1n) is 18.1. The fourth-order valence-electron chi connectivity index (χ4n) is 7.82. The zero-order valence-electron chi connectivity index (χ0n) is 29.0. The number of aromatic nitrogens is 2. The molecule has 0 aliphatic heterocycles. The molecule has 8 aromatic carbocycles. The molecule has 0 amide bonds. The highest BCUT2D eigenvalue weighted by Gasteiger charge is 2.20. The van der Waals surface area contributed by atoms with Gasteiger partial charge in [-0.15, -0.1) is 11.3 Å². The van der Waals surface area contributed by atoms with Crippen LogP contribution in [0.2, 0.25) is 0 Å². The van der Waals surface area contributed by atoms with Crippen molar-refractivity contribution >= 4 is 64.4 Å². The Balaban J connectivity index is 1.10. The standard InChI is InChI=1S/C50H30N2OS/c1-3-12-31(13-4-1)37-27-38(32-14-5-2-6-15-32)29-39(28-37)35-24-25-40-44(30-35)53-43-20-11-19-42(46(40)43)50-51-47(36-23-22-33-16-7-8-17-34(33)26-36)49-48(52-50)41-18-9-10-21-45(41)54-49/h1-30H. The van der Waals surface area contributed by atoms with Gasteiger partial charge in [-0.1, -0.05) is 133 Å². The summed E-state index contributed by atoms with van der Waals surface area (Å²) in [6, 6.07) is 64.4. The van der Waals surface area contributed by atoms with E-state index in [9.17, 15) is 0 Å². The molecule has 0 aliphatic carbocycles. The van der Waals surface area contributed by atoms with E-state index in [0.717, 1.165) is 65.5 Å². The van der Waals surface area contributed by atoms with Crippen LogP contribution in [0.15, 0.2) is 186 Å². The third-order valence-corrected chi connectivity index (χ3v) is 11.6. The summed E-state index contributed by atoms with van der Waals surface area (Å²) in [5, 5.41) is 5.60. The van der Waals surface area contributed by atoms with Gasteiger partial charge in [-0.25, -0.2) is 9.97 Å². The van der Waals surface area contributed by atoms with Crippen LogP contribution in [0.25, 0.3) is 109 Å². The van der Waals surface area contributed by atoms with Crippen LogP contribution in [-0.4, -0.2) is 9.97 Å². The van der Waals surface area contributed by atoms with Crippen molar-refractivity contribution in [1.82, 2.24) is 9.97 Å². The molecule has 0 unspecified atom stereocenters. The first-order valence-corrected chi connectivity index (χ1v) is 19.0. The molecule has 4 heteroatoms. The summed E-state index contributed by atoms with van der Waals surface area (Å²) >= 11 is 1.76. The van der Waals surface area contributed by atoms with E-state index in [-0.39, 0.29) is 0 Å². The number of hydrogen-bond acceptors (Lipinski definition) is 4. The van der Waals surface area contributed by atoms with E-state index in [0.29, 0.717) is 5.82 Å². The van der Waals surface area contributed by atoms with Crippen molar-refractivity contribution in [2.75, 3.05) is 0 Å². The molecule has 0 saturated heterocycles. The molecule has 0 saturated carbocycles. The Hall–Kier alpha value is -6.88. The van der Waals surface area contributed by atoms with Gasteiger partial charge in [-0.3, -0.25) is 0 Å². The highest BCUT2D eigenvalue weighted by molar-refractivity contribution is 7.26. The first-order chi connectivity index (χ1) is 26.7. The van der Waals surface area contributed by atoms with Crippen molar-refractivity contribution in [3.05, 3.63) is 182 Å². The van der Waals surface area contributed by atoms with Crippen molar-refractivity contribution < 1.29 is 4.42 Å². The molecule has 0 atom stereocenters. The molecule has 11 rings (SSSR count). The predicted molar refractivity (Wildman–Crippen MR) is 227 cm³/mol. The van der Waals surface area contributed by atoms with E-state index in [1.54, 1.807) is 11.3 Å². The Morgan fingerprint density at radius 1 is 0.407 bits per heavy atom. The predicted octanol–water partition coefficient (Wildman–Crippen LogP) is 14.2. The lowest BCUT2D eigenvalue weighted by Gasteiger charge is -2.11. The fourth-order valence-corrected chi connectivity index (χ4v) is 8.98. The Kier molecular flexibility index (Phi) is 7.04. The van der Waals surface area contributed by atoms with Gasteiger partial charge in [0.1, 0.15) is 11.2 Å². The molecular formula is C50H30N2OS. The minimum Gasteiger partial charge on any atom is -0.456 e. The highest BCUT2D eigenvalue weighted by atomic mass is 32.1. The van der Waals surface area contributed by atoms with Gasteiger partial charge in [0.05, 0.1) is 15.9 Å². The smallest absolute Gasteiger partial charge is 0.161 e. The Labute approximate surface area is 315 Å². The molecule has 3 nitrogen and oxygen atoms in total. The molecule has 0 aliphatic rings.